The molecule has 0 aliphatic carbocycles. The van der Waals surface area contributed by atoms with Gasteiger partial charge in [0.15, 0.2) is 0 Å². The molecule has 2 aromatic carbocycles. The molecular weight excluding hydrogens is 446 g/mol. The van der Waals surface area contributed by atoms with Crippen LogP contribution >= 0.6 is 27.5 Å². The highest BCUT2D eigenvalue weighted by Crippen LogP contribution is 2.38. The number of aromatic nitrogens is 2. The lowest BCUT2D eigenvalue weighted by Gasteiger charge is -2.14. The molecule has 0 N–H and O–H groups in total. The minimum absolute atomic E-state index is 0.275. The summed E-state index contributed by atoms with van der Waals surface area (Å²) >= 11 is 9.23. The molecule has 28 heavy (non-hydrogen) atoms. The number of hydrogen-bond acceptors (Lipinski definition) is 2. The monoisotopic (exact) mass is 455 g/mol. The predicted octanol–water partition coefficient (Wildman–Crippen LogP) is 6.97. The quantitative estimate of drug-likeness (QED) is 0.333. The van der Waals surface area contributed by atoms with Gasteiger partial charge in [-0.3, -0.25) is 9.97 Å². The first-order valence-electron chi connectivity index (χ1n) is 8.27. The maximum Gasteiger partial charge on any atom is 0.141 e. The molecule has 6 heteroatoms. The van der Waals surface area contributed by atoms with Crippen LogP contribution in [0.25, 0.3) is 33.6 Å². The molecule has 0 saturated heterocycles. The van der Waals surface area contributed by atoms with Crippen LogP contribution in [0.1, 0.15) is 0 Å². The lowest BCUT2D eigenvalue weighted by molar-refractivity contribution is 0.626. The molecule has 4 aromatic rings. The van der Waals surface area contributed by atoms with E-state index in [4.69, 9.17) is 11.6 Å². The SMILES string of the molecule is Fc1ccc(-c2c(-c3ccc(Br)cn3)[c]cc(-c3ccc(Cl)cn3)c2F)cc1. The summed E-state index contributed by atoms with van der Waals surface area (Å²) in [5.74, 6) is -0.883. The third-order valence-electron chi connectivity index (χ3n) is 4.19. The first kappa shape index (κ1) is 18.7. The van der Waals surface area contributed by atoms with E-state index in [2.05, 4.69) is 32.0 Å². The van der Waals surface area contributed by atoms with Gasteiger partial charge in [0.2, 0.25) is 0 Å². The number of benzene rings is 2. The Balaban J connectivity index is 1.96. The Morgan fingerprint density at radius 2 is 1.57 bits per heavy atom. The van der Waals surface area contributed by atoms with Crippen LogP contribution in [-0.4, -0.2) is 9.97 Å². The summed E-state index contributed by atoms with van der Waals surface area (Å²) in [6, 6.07) is 17.2. The molecule has 2 heterocycles. The molecule has 0 aliphatic heterocycles. The van der Waals surface area contributed by atoms with Gasteiger partial charge in [-0.05, 0) is 70.0 Å². The van der Waals surface area contributed by atoms with Gasteiger partial charge < -0.3 is 0 Å². The van der Waals surface area contributed by atoms with Gasteiger partial charge in [-0.25, -0.2) is 8.78 Å². The van der Waals surface area contributed by atoms with Crippen molar-refractivity contribution in [3.8, 4) is 33.6 Å². The first-order chi connectivity index (χ1) is 13.5. The average molecular weight is 457 g/mol. The summed E-state index contributed by atoms with van der Waals surface area (Å²) in [4.78, 5) is 8.55. The molecule has 2 aromatic heterocycles. The molecule has 2 nitrogen and oxygen atoms in total. The van der Waals surface area contributed by atoms with Crippen molar-refractivity contribution in [3.63, 3.8) is 0 Å². The lowest BCUT2D eigenvalue weighted by Crippen LogP contribution is -1.97. The van der Waals surface area contributed by atoms with E-state index in [0.717, 1.165) is 4.47 Å². The van der Waals surface area contributed by atoms with Crippen LogP contribution in [0.3, 0.4) is 0 Å². The largest absolute Gasteiger partial charge is 0.255 e. The lowest BCUT2D eigenvalue weighted by atomic mass is 9.93. The van der Waals surface area contributed by atoms with Gasteiger partial charge in [0.05, 0.1) is 16.4 Å². The summed E-state index contributed by atoms with van der Waals surface area (Å²) in [5, 5.41) is 0.461. The number of nitrogens with zero attached hydrogens (tertiary/aromatic N) is 2. The van der Waals surface area contributed by atoms with Crippen molar-refractivity contribution in [2.75, 3.05) is 0 Å². The first-order valence-corrected chi connectivity index (χ1v) is 9.44. The van der Waals surface area contributed by atoms with Gasteiger partial charge in [0, 0.05) is 33.6 Å². The minimum Gasteiger partial charge on any atom is -0.255 e. The van der Waals surface area contributed by atoms with Gasteiger partial charge in [-0.1, -0.05) is 23.7 Å². The van der Waals surface area contributed by atoms with E-state index in [1.807, 2.05) is 6.07 Å². The molecule has 0 amide bonds. The van der Waals surface area contributed by atoms with Crippen LogP contribution in [0.15, 0.2) is 71.5 Å². The van der Waals surface area contributed by atoms with Gasteiger partial charge in [0.1, 0.15) is 11.6 Å². The Hall–Kier alpha value is -2.63. The van der Waals surface area contributed by atoms with E-state index in [1.54, 1.807) is 24.4 Å². The van der Waals surface area contributed by atoms with E-state index >= 15 is 4.39 Å². The molecule has 0 saturated carbocycles. The zero-order valence-electron chi connectivity index (χ0n) is 14.3. The molecule has 0 unspecified atom stereocenters. The van der Waals surface area contributed by atoms with E-state index in [0.29, 0.717) is 27.5 Å². The van der Waals surface area contributed by atoms with Gasteiger partial charge in [-0.15, -0.1) is 0 Å². The van der Waals surface area contributed by atoms with Crippen LogP contribution < -0.4 is 0 Å². The van der Waals surface area contributed by atoms with Crippen molar-refractivity contribution < 1.29 is 8.78 Å². The van der Waals surface area contributed by atoms with Crippen molar-refractivity contribution >= 4 is 27.5 Å². The molecular formula is C22H11BrClF2N2. The third kappa shape index (κ3) is 3.68. The van der Waals surface area contributed by atoms with E-state index in [-0.39, 0.29) is 11.1 Å². The zero-order chi connectivity index (χ0) is 19.7. The number of rotatable bonds is 3. The second kappa shape index (κ2) is 7.78. The Kier molecular flexibility index (Phi) is 5.20. The molecule has 0 spiro atoms. The summed E-state index contributed by atoms with van der Waals surface area (Å²) in [6.45, 7) is 0. The minimum atomic E-state index is -0.486. The molecule has 0 fully saturated rings. The Morgan fingerprint density at radius 1 is 0.857 bits per heavy atom. The van der Waals surface area contributed by atoms with Crippen LogP contribution in [0.4, 0.5) is 8.78 Å². The summed E-state index contributed by atoms with van der Waals surface area (Å²) in [6.07, 6.45) is 3.09. The maximum absolute atomic E-state index is 15.6. The van der Waals surface area contributed by atoms with Gasteiger partial charge in [-0.2, -0.15) is 0 Å². The van der Waals surface area contributed by atoms with Crippen LogP contribution in [-0.2, 0) is 0 Å². The number of halogens is 4. The second-order valence-electron chi connectivity index (χ2n) is 6.00. The molecule has 0 aliphatic rings. The fourth-order valence-electron chi connectivity index (χ4n) is 2.86. The van der Waals surface area contributed by atoms with Crippen molar-refractivity contribution in [1.29, 1.82) is 0 Å². The third-order valence-corrected chi connectivity index (χ3v) is 4.88. The van der Waals surface area contributed by atoms with Crippen LogP contribution in [0, 0.1) is 17.7 Å². The highest BCUT2D eigenvalue weighted by Gasteiger charge is 2.19. The fraction of sp³-hybridized carbons (Fsp3) is 0. The Bertz CT molecular complexity index is 1130. The summed E-state index contributed by atoms with van der Waals surface area (Å²) in [5.41, 5.74) is 2.54. The molecule has 4 rings (SSSR count). The Labute approximate surface area is 174 Å². The fourth-order valence-corrected chi connectivity index (χ4v) is 3.21. The number of hydrogen-bond donors (Lipinski definition) is 0. The molecule has 0 atom stereocenters. The molecule has 137 valence electrons. The van der Waals surface area contributed by atoms with Crippen LogP contribution in [0.2, 0.25) is 5.02 Å². The number of pyridine rings is 2. The zero-order valence-corrected chi connectivity index (χ0v) is 16.6. The van der Waals surface area contributed by atoms with Gasteiger partial charge in [0.25, 0.3) is 0 Å². The normalized spacial score (nSPS) is 10.9. The molecule has 0 bridgehead atoms. The van der Waals surface area contributed by atoms with Crippen LogP contribution in [0.5, 0.6) is 0 Å². The van der Waals surface area contributed by atoms with Gasteiger partial charge >= 0.3 is 0 Å². The van der Waals surface area contributed by atoms with E-state index < -0.39 is 11.6 Å². The highest BCUT2D eigenvalue weighted by molar-refractivity contribution is 9.10. The van der Waals surface area contributed by atoms with Crippen molar-refractivity contribution in [3.05, 3.63) is 94.2 Å². The maximum atomic E-state index is 15.6. The van der Waals surface area contributed by atoms with Crippen molar-refractivity contribution in [1.82, 2.24) is 9.97 Å². The Morgan fingerprint density at radius 3 is 2.21 bits per heavy atom. The second-order valence-corrected chi connectivity index (χ2v) is 7.35. The molecule has 1 radical (unpaired) electrons. The summed E-state index contributed by atoms with van der Waals surface area (Å²) in [7, 11) is 0. The highest BCUT2D eigenvalue weighted by atomic mass is 79.9. The summed E-state index contributed by atoms with van der Waals surface area (Å²) < 4.78 is 29.9. The smallest absolute Gasteiger partial charge is 0.141 e. The standard InChI is InChI=1S/C22H11BrClF2N2/c23-14-3-9-19(27-11-14)17-7-8-18(20-10-4-15(24)12-28-20)22(26)21(17)13-1-5-16(25)6-2-13/h1-6,8-12H. The van der Waals surface area contributed by atoms with Crippen molar-refractivity contribution in [2.24, 2.45) is 0 Å². The average Bonchev–Trinajstić information content (AvgIpc) is 2.70. The van der Waals surface area contributed by atoms with Crippen molar-refractivity contribution in [2.45, 2.75) is 0 Å². The van der Waals surface area contributed by atoms with E-state index in [1.165, 1.54) is 36.5 Å². The van der Waals surface area contributed by atoms with E-state index in [9.17, 15) is 4.39 Å². The topological polar surface area (TPSA) is 25.8 Å². The predicted molar refractivity (Wildman–Crippen MR) is 110 cm³/mol.